The van der Waals surface area contributed by atoms with E-state index in [0.717, 1.165) is 63.4 Å². The van der Waals surface area contributed by atoms with Crippen LogP contribution in [0, 0.1) is 4.78 Å². The molecule has 17 heteroatoms. The second-order valence-corrected chi connectivity index (χ2v) is 20.3. The standard InChI is InChI=1S/C19H23N5OS2.C18H22N6OS2/c1-14(15-4-5-18-17(10-15)22-13-26-18)23-6-8-24(9-7-23)19-20-11-16(12-21-19)27(2,3)25;1-13(14-3-4-17-16(9-14)22-12-26-17)23-5-7-24(8-6-23)18-20-10-15(11-21-18)27(2,19)25/h4-5,10-14H,2,6-9H2,1,3H3;3-4,9-13,19H,5-8H2,1-2H3/t;13?,27-/m.0/s1. The molecular formula is C37H45N11O2S4. The van der Waals surface area contributed by atoms with E-state index in [2.05, 4.69) is 106 Å². The molecule has 2 aliphatic heterocycles. The van der Waals surface area contributed by atoms with E-state index >= 15 is 0 Å². The van der Waals surface area contributed by atoms with Crippen molar-refractivity contribution in [2.24, 2.45) is 0 Å². The lowest BCUT2D eigenvalue weighted by Gasteiger charge is -2.38. The summed E-state index contributed by atoms with van der Waals surface area (Å²) in [5.74, 6) is 5.01. The largest absolute Gasteiger partial charge is 0.338 e. The second-order valence-electron chi connectivity index (χ2n) is 13.8. The van der Waals surface area contributed by atoms with Crippen LogP contribution in [0.15, 0.2) is 82.0 Å². The summed E-state index contributed by atoms with van der Waals surface area (Å²) < 4.78 is 33.8. The van der Waals surface area contributed by atoms with Crippen molar-refractivity contribution in [1.82, 2.24) is 39.7 Å². The summed E-state index contributed by atoms with van der Waals surface area (Å²) in [5, 5.41) is 0. The van der Waals surface area contributed by atoms with Gasteiger partial charge in [0.15, 0.2) is 0 Å². The SMILES string of the molecule is C=S(C)(=O)c1cnc(N2CCN(C(C)c3ccc4scnc4c3)CC2)nc1.CC(c1ccc2scnc2c1)N1CCN(c2ncc([S@@](C)(=N)=O)cn2)CC1. The Kier molecular flexibility index (Phi) is 11.2. The van der Waals surface area contributed by atoms with E-state index in [9.17, 15) is 8.42 Å². The molecule has 54 heavy (non-hydrogen) atoms. The molecule has 2 aliphatic rings. The van der Waals surface area contributed by atoms with Gasteiger partial charge >= 0.3 is 0 Å². The average molecular weight is 804 g/mol. The van der Waals surface area contributed by atoms with E-state index in [4.69, 9.17) is 4.78 Å². The van der Waals surface area contributed by atoms with Crippen molar-refractivity contribution in [2.45, 2.75) is 35.7 Å². The number of rotatable bonds is 8. The third-order valence-corrected chi connectivity index (χ3v) is 14.1. The van der Waals surface area contributed by atoms with Crippen molar-refractivity contribution in [3.05, 3.63) is 83.3 Å². The van der Waals surface area contributed by atoms with Crippen molar-refractivity contribution >= 4 is 80.1 Å². The number of hydrogen-bond donors (Lipinski definition) is 1. The van der Waals surface area contributed by atoms with Crippen LogP contribution < -0.4 is 9.80 Å². The highest BCUT2D eigenvalue weighted by Crippen LogP contribution is 2.29. The Balaban J connectivity index is 0.000000167. The molecule has 4 aromatic heterocycles. The van der Waals surface area contributed by atoms with Crippen LogP contribution in [0.3, 0.4) is 0 Å². The molecule has 284 valence electrons. The molecule has 6 aromatic rings. The highest BCUT2D eigenvalue weighted by Gasteiger charge is 2.25. The first kappa shape index (κ1) is 38.2. The minimum atomic E-state index is -2.77. The van der Waals surface area contributed by atoms with Crippen LogP contribution in [0.4, 0.5) is 11.9 Å². The molecule has 0 radical (unpaired) electrons. The van der Waals surface area contributed by atoms with Gasteiger partial charge in [-0.3, -0.25) is 14.0 Å². The minimum absolute atomic E-state index is 0.328. The van der Waals surface area contributed by atoms with Crippen LogP contribution in [0.25, 0.3) is 20.4 Å². The summed E-state index contributed by atoms with van der Waals surface area (Å²) in [4.78, 5) is 36.5. The van der Waals surface area contributed by atoms with Crippen LogP contribution in [0.1, 0.15) is 37.1 Å². The van der Waals surface area contributed by atoms with E-state index < -0.39 is 19.3 Å². The van der Waals surface area contributed by atoms with Gasteiger partial charge in [0.25, 0.3) is 0 Å². The Bertz CT molecular complexity index is 2250. The first-order chi connectivity index (χ1) is 25.8. The average Bonchev–Trinajstić information content (AvgIpc) is 3.86. The number of nitrogens with one attached hydrogen (secondary N) is 1. The van der Waals surface area contributed by atoms with Crippen molar-refractivity contribution < 1.29 is 8.42 Å². The van der Waals surface area contributed by atoms with E-state index in [1.165, 1.54) is 39.2 Å². The molecule has 0 bridgehead atoms. The van der Waals surface area contributed by atoms with Gasteiger partial charge in [-0.2, -0.15) is 0 Å². The summed E-state index contributed by atoms with van der Waals surface area (Å²) in [5.41, 5.74) is 8.52. The van der Waals surface area contributed by atoms with E-state index in [1.807, 2.05) is 11.0 Å². The highest BCUT2D eigenvalue weighted by atomic mass is 32.2. The van der Waals surface area contributed by atoms with E-state index in [0.29, 0.717) is 33.8 Å². The van der Waals surface area contributed by atoms with Gasteiger partial charge in [0, 0.05) is 102 Å². The summed E-state index contributed by atoms with van der Waals surface area (Å²) >= 11 is 3.34. The Hall–Kier alpha value is -4.13. The van der Waals surface area contributed by atoms with Gasteiger partial charge in [-0.1, -0.05) is 12.1 Å². The fourth-order valence-corrected chi connectivity index (χ4v) is 9.06. The monoisotopic (exact) mass is 803 g/mol. The Morgan fingerprint density at radius 1 is 0.630 bits per heavy atom. The highest BCUT2D eigenvalue weighted by molar-refractivity contribution is 7.99. The smallest absolute Gasteiger partial charge is 0.225 e. The number of hydrogen-bond acceptors (Lipinski definition) is 15. The van der Waals surface area contributed by atoms with Crippen molar-refractivity contribution in [3.8, 4) is 0 Å². The Morgan fingerprint density at radius 3 is 1.39 bits per heavy atom. The molecule has 0 amide bonds. The van der Waals surface area contributed by atoms with Gasteiger partial charge in [-0.25, -0.2) is 38.9 Å². The molecule has 4 atom stereocenters. The third-order valence-electron chi connectivity index (χ3n) is 10.1. The quantitative estimate of drug-likeness (QED) is 0.189. The maximum atomic E-state index is 12.0. The number of anilines is 2. The lowest BCUT2D eigenvalue weighted by molar-refractivity contribution is 0.198. The van der Waals surface area contributed by atoms with Gasteiger partial charge < -0.3 is 9.80 Å². The third kappa shape index (κ3) is 8.71. The molecule has 6 heterocycles. The van der Waals surface area contributed by atoms with Crippen LogP contribution in [0.5, 0.6) is 0 Å². The van der Waals surface area contributed by atoms with Crippen LogP contribution >= 0.6 is 22.7 Å². The van der Waals surface area contributed by atoms with Crippen LogP contribution in [-0.4, -0.2) is 119 Å². The number of aromatic nitrogens is 6. The van der Waals surface area contributed by atoms with Crippen molar-refractivity contribution in [2.75, 3.05) is 74.7 Å². The molecule has 0 aliphatic carbocycles. The lowest BCUT2D eigenvalue weighted by atomic mass is 10.1. The predicted octanol–water partition coefficient (Wildman–Crippen LogP) is 5.68. The number of thiazole rings is 2. The number of benzene rings is 2. The number of nitrogens with zero attached hydrogens (tertiary/aromatic N) is 10. The molecule has 3 unspecified atom stereocenters. The molecule has 0 saturated carbocycles. The van der Waals surface area contributed by atoms with Crippen LogP contribution in [0.2, 0.25) is 0 Å². The zero-order chi connectivity index (χ0) is 38.0. The first-order valence-corrected chi connectivity index (χ1v) is 23.5. The zero-order valence-corrected chi connectivity index (χ0v) is 34.1. The van der Waals surface area contributed by atoms with Gasteiger partial charge in [0.1, 0.15) is 0 Å². The second kappa shape index (κ2) is 15.9. The van der Waals surface area contributed by atoms with Crippen LogP contribution in [-0.2, 0) is 19.3 Å². The van der Waals surface area contributed by atoms with Gasteiger partial charge in [0.05, 0.1) is 51.0 Å². The van der Waals surface area contributed by atoms with E-state index in [1.54, 1.807) is 41.3 Å². The van der Waals surface area contributed by atoms with Gasteiger partial charge in [-0.05, 0) is 64.6 Å². The fourth-order valence-electron chi connectivity index (χ4n) is 6.68. The molecule has 1 N–H and O–H groups in total. The Labute approximate surface area is 325 Å². The lowest BCUT2D eigenvalue weighted by Crippen LogP contribution is -2.47. The minimum Gasteiger partial charge on any atom is -0.338 e. The van der Waals surface area contributed by atoms with Crippen molar-refractivity contribution in [3.63, 3.8) is 0 Å². The summed E-state index contributed by atoms with van der Waals surface area (Å²) in [6.07, 6.45) is 9.28. The normalized spacial score (nSPS) is 19.1. The topological polar surface area (TPSA) is 148 Å². The Morgan fingerprint density at radius 2 is 1.02 bits per heavy atom. The molecule has 0 spiro atoms. The number of fused-ring (bicyclic) bond motifs is 2. The molecular weight excluding hydrogens is 759 g/mol. The summed E-state index contributed by atoms with van der Waals surface area (Å²) in [7, 11) is -5.04. The molecule has 2 aromatic carbocycles. The molecule has 2 fully saturated rings. The maximum absolute atomic E-state index is 12.0. The summed E-state index contributed by atoms with van der Waals surface area (Å²) in [6.45, 7) is 11.6. The maximum Gasteiger partial charge on any atom is 0.225 e. The van der Waals surface area contributed by atoms with Crippen molar-refractivity contribution in [1.29, 1.82) is 4.78 Å². The first-order valence-electron chi connectivity index (χ1n) is 17.7. The summed E-state index contributed by atoms with van der Waals surface area (Å²) in [6, 6.07) is 13.8. The fraction of sp³-hybridized carbons (Fsp3) is 0.378. The molecule has 8 rings (SSSR count). The zero-order valence-electron chi connectivity index (χ0n) is 30.9. The van der Waals surface area contributed by atoms with Gasteiger partial charge in [0.2, 0.25) is 11.9 Å². The van der Waals surface area contributed by atoms with E-state index in [-0.39, 0.29) is 0 Å². The molecule has 2 saturated heterocycles. The van der Waals surface area contributed by atoms with Gasteiger partial charge in [-0.15, -0.1) is 22.7 Å². The molecule has 13 nitrogen and oxygen atoms in total. The number of piperazine rings is 2. The predicted molar refractivity (Wildman–Crippen MR) is 222 cm³/mol.